The number of sulfonamides is 1. The molecular weight excluding hydrogens is 400 g/mol. The van der Waals surface area contributed by atoms with E-state index in [0.29, 0.717) is 24.7 Å². The van der Waals surface area contributed by atoms with Gasteiger partial charge in [-0.05, 0) is 49.6 Å². The van der Waals surface area contributed by atoms with Gasteiger partial charge < -0.3 is 4.74 Å². The number of likely N-dealkylation sites (tertiary alicyclic amines) is 1. The zero-order chi connectivity index (χ0) is 19.3. The number of ether oxygens (including phenoxy) is 1. The van der Waals surface area contributed by atoms with Crippen molar-refractivity contribution in [2.45, 2.75) is 18.0 Å². The average Bonchev–Trinajstić information content (AvgIpc) is 3.27. The van der Waals surface area contributed by atoms with Gasteiger partial charge in [-0.1, -0.05) is 12.1 Å². The van der Waals surface area contributed by atoms with Gasteiger partial charge >= 0.3 is 0 Å². The van der Waals surface area contributed by atoms with E-state index in [2.05, 4.69) is 29.2 Å². The molecule has 0 amide bonds. The van der Waals surface area contributed by atoms with Crippen molar-refractivity contribution in [2.24, 2.45) is 18.9 Å². The van der Waals surface area contributed by atoms with Crippen LogP contribution in [0.5, 0.6) is 5.75 Å². The third kappa shape index (κ3) is 3.43. The molecule has 0 radical (unpaired) electrons. The van der Waals surface area contributed by atoms with Crippen LogP contribution in [0.25, 0.3) is 0 Å². The fraction of sp³-hybridized carbons (Fsp3) is 0.526. The van der Waals surface area contributed by atoms with Crippen LogP contribution in [0.3, 0.4) is 0 Å². The van der Waals surface area contributed by atoms with Crippen molar-refractivity contribution >= 4 is 22.4 Å². The van der Waals surface area contributed by atoms with Crippen LogP contribution in [0, 0.1) is 18.8 Å². The van der Waals surface area contributed by atoms with Gasteiger partial charge in [0, 0.05) is 32.7 Å². The van der Waals surface area contributed by atoms with E-state index in [1.807, 2.05) is 19.1 Å². The molecule has 0 aliphatic carbocycles. The fourth-order valence-corrected chi connectivity index (χ4v) is 6.39. The molecule has 7 nitrogen and oxygen atoms in total. The van der Waals surface area contributed by atoms with Crippen molar-refractivity contribution < 1.29 is 13.2 Å². The highest BCUT2D eigenvalue weighted by Crippen LogP contribution is 2.45. The predicted octanol–water partition coefficient (Wildman–Crippen LogP) is 2.08. The molecule has 2 aliphatic rings. The van der Waals surface area contributed by atoms with Crippen LogP contribution in [-0.4, -0.2) is 61.2 Å². The van der Waals surface area contributed by atoms with Crippen LogP contribution in [0.2, 0.25) is 0 Å². The summed E-state index contributed by atoms with van der Waals surface area (Å²) in [4.78, 5) is 2.34. The van der Waals surface area contributed by atoms with Gasteiger partial charge in [0.2, 0.25) is 0 Å². The average molecular weight is 427 g/mol. The first-order valence-corrected chi connectivity index (χ1v) is 10.6. The number of benzene rings is 1. The Balaban J connectivity index is 0.00000225. The maximum absolute atomic E-state index is 13.1. The molecule has 2 aliphatic heterocycles. The summed E-state index contributed by atoms with van der Waals surface area (Å²) >= 11 is 0. The van der Waals surface area contributed by atoms with Gasteiger partial charge in [0.15, 0.2) is 5.03 Å². The molecule has 3 heterocycles. The largest absolute Gasteiger partial charge is 0.497 e. The number of aromatic nitrogens is 2. The van der Waals surface area contributed by atoms with Crippen molar-refractivity contribution in [3.8, 4) is 5.75 Å². The van der Waals surface area contributed by atoms with E-state index in [1.54, 1.807) is 24.5 Å². The second-order valence-corrected chi connectivity index (χ2v) is 9.54. The van der Waals surface area contributed by atoms with E-state index >= 15 is 0 Å². The molecule has 0 N–H and O–H groups in total. The van der Waals surface area contributed by atoms with E-state index in [-0.39, 0.29) is 29.4 Å². The lowest BCUT2D eigenvalue weighted by Gasteiger charge is -2.26. The smallest absolute Gasteiger partial charge is 0.260 e. The van der Waals surface area contributed by atoms with Gasteiger partial charge in [-0.3, -0.25) is 9.58 Å². The first kappa shape index (κ1) is 21.1. The summed E-state index contributed by atoms with van der Waals surface area (Å²) in [6.07, 6.45) is 0. The Hall–Kier alpha value is -1.61. The topological polar surface area (TPSA) is 67.7 Å². The van der Waals surface area contributed by atoms with E-state index < -0.39 is 10.0 Å². The van der Waals surface area contributed by atoms with Gasteiger partial charge in [-0.2, -0.15) is 9.40 Å². The minimum absolute atomic E-state index is 0. The first-order valence-electron chi connectivity index (χ1n) is 9.16. The summed E-state index contributed by atoms with van der Waals surface area (Å²) in [6, 6.07) is 9.98. The summed E-state index contributed by atoms with van der Waals surface area (Å²) in [6.45, 7) is 3.82. The molecule has 0 unspecified atom stereocenters. The number of nitrogens with zero attached hydrogens (tertiary/aromatic N) is 4. The van der Waals surface area contributed by atoms with Gasteiger partial charge in [0.05, 0.1) is 12.8 Å². The molecule has 0 saturated carbocycles. The number of aryl methyl sites for hydroxylation is 2. The Bertz CT molecular complexity index is 945. The molecule has 4 rings (SSSR count). The Morgan fingerprint density at radius 3 is 2.36 bits per heavy atom. The minimum Gasteiger partial charge on any atom is -0.497 e. The van der Waals surface area contributed by atoms with Crippen molar-refractivity contribution in [1.82, 2.24) is 19.0 Å². The number of hydrogen-bond donors (Lipinski definition) is 0. The SMILES string of the molecule is COc1ccc([C@@H]2[C@@H]3CN(S(=O)(=O)c4cc(C)nn4C)C[C@@H]3CN2C)cc1.Cl. The van der Waals surface area contributed by atoms with Crippen LogP contribution in [-0.2, 0) is 17.1 Å². The normalized spacial score (nSPS) is 25.5. The summed E-state index contributed by atoms with van der Waals surface area (Å²) < 4.78 is 34.7. The fourth-order valence-electron chi connectivity index (χ4n) is 4.68. The summed E-state index contributed by atoms with van der Waals surface area (Å²) in [7, 11) is 1.94. The lowest BCUT2D eigenvalue weighted by Crippen LogP contribution is -2.34. The molecule has 1 aromatic heterocycles. The molecule has 1 aromatic carbocycles. The highest BCUT2D eigenvalue weighted by molar-refractivity contribution is 7.89. The minimum atomic E-state index is -3.53. The molecule has 154 valence electrons. The number of methoxy groups -OCH3 is 1. The third-order valence-corrected chi connectivity index (χ3v) is 7.77. The third-order valence-electron chi connectivity index (χ3n) is 5.88. The van der Waals surface area contributed by atoms with Crippen LogP contribution in [0.15, 0.2) is 35.4 Å². The Labute approximate surface area is 172 Å². The molecule has 28 heavy (non-hydrogen) atoms. The summed E-state index contributed by atoms with van der Waals surface area (Å²) in [5.41, 5.74) is 1.92. The van der Waals surface area contributed by atoms with Crippen molar-refractivity contribution in [1.29, 1.82) is 0 Å². The zero-order valence-electron chi connectivity index (χ0n) is 16.6. The van der Waals surface area contributed by atoms with Crippen LogP contribution < -0.4 is 4.74 Å². The molecule has 2 aromatic rings. The van der Waals surface area contributed by atoms with Gasteiger partial charge in [0.25, 0.3) is 10.0 Å². The van der Waals surface area contributed by atoms with Crippen LogP contribution in [0.1, 0.15) is 17.3 Å². The standard InChI is InChI=1S/C19H26N4O3S.ClH/c1-13-9-18(22(3)20-13)27(24,25)23-11-15-10-21(2)19(17(15)12-23)14-5-7-16(26-4)8-6-14;/h5-9,15,17,19H,10-12H2,1-4H3;1H/t15-,17+,19+;/m0./s1. The number of fused-ring (bicyclic) bond motifs is 1. The van der Waals surface area contributed by atoms with E-state index in [4.69, 9.17) is 4.74 Å². The van der Waals surface area contributed by atoms with Gasteiger partial charge in [-0.15, -0.1) is 12.4 Å². The molecule has 9 heteroatoms. The summed E-state index contributed by atoms with van der Waals surface area (Å²) in [5.74, 6) is 1.46. The number of rotatable bonds is 4. The van der Waals surface area contributed by atoms with Gasteiger partial charge in [-0.25, -0.2) is 8.42 Å². The quantitative estimate of drug-likeness (QED) is 0.748. The van der Waals surface area contributed by atoms with E-state index in [0.717, 1.165) is 12.3 Å². The van der Waals surface area contributed by atoms with Crippen molar-refractivity contribution in [2.75, 3.05) is 33.8 Å². The van der Waals surface area contributed by atoms with Crippen molar-refractivity contribution in [3.63, 3.8) is 0 Å². The zero-order valence-corrected chi connectivity index (χ0v) is 18.2. The molecule has 0 bridgehead atoms. The van der Waals surface area contributed by atoms with Gasteiger partial charge in [0.1, 0.15) is 5.75 Å². The molecular formula is C19H27ClN4O3S. The molecule has 2 fully saturated rings. The molecule has 0 spiro atoms. The van der Waals surface area contributed by atoms with Crippen LogP contribution >= 0.6 is 12.4 Å². The highest BCUT2D eigenvalue weighted by atomic mass is 35.5. The summed E-state index contributed by atoms with van der Waals surface area (Å²) in [5, 5.41) is 4.48. The lowest BCUT2D eigenvalue weighted by atomic mass is 9.89. The van der Waals surface area contributed by atoms with E-state index in [9.17, 15) is 8.42 Å². The number of hydrogen-bond acceptors (Lipinski definition) is 5. The van der Waals surface area contributed by atoms with Crippen LogP contribution in [0.4, 0.5) is 0 Å². The second kappa shape index (κ2) is 7.67. The van der Waals surface area contributed by atoms with E-state index in [1.165, 1.54) is 10.2 Å². The maximum atomic E-state index is 13.1. The first-order chi connectivity index (χ1) is 12.8. The monoisotopic (exact) mass is 426 g/mol. The Kier molecular flexibility index (Phi) is 5.78. The van der Waals surface area contributed by atoms with Crippen molar-refractivity contribution in [3.05, 3.63) is 41.6 Å². The molecule has 3 atom stereocenters. The maximum Gasteiger partial charge on any atom is 0.260 e. The predicted molar refractivity (Wildman–Crippen MR) is 109 cm³/mol. The Morgan fingerprint density at radius 2 is 1.79 bits per heavy atom. The second-order valence-electron chi connectivity index (χ2n) is 7.65. The lowest BCUT2D eigenvalue weighted by molar-refractivity contribution is 0.260. The highest BCUT2D eigenvalue weighted by Gasteiger charge is 2.49. The number of halogens is 1. The Morgan fingerprint density at radius 1 is 1.11 bits per heavy atom. The molecule has 2 saturated heterocycles.